The third-order valence-corrected chi connectivity index (χ3v) is 3.67. The molecule has 0 aliphatic heterocycles. The van der Waals surface area contributed by atoms with E-state index in [0.717, 1.165) is 60.3 Å². The molecule has 1 rings (SSSR count). The van der Waals surface area contributed by atoms with Crippen LogP contribution in [0.1, 0.15) is 31.2 Å². The summed E-state index contributed by atoms with van der Waals surface area (Å²) in [4.78, 5) is 0. The Morgan fingerprint density at radius 2 is 1.85 bits per heavy atom. The van der Waals surface area contributed by atoms with Gasteiger partial charge in [-0.3, -0.25) is 0 Å². The molecule has 0 radical (unpaired) electrons. The summed E-state index contributed by atoms with van der Waals surface area (Å²) in [6.07, 6.45) is 4.29. The molecule has 1 aromatic carbocycles. The predicted octanol–water partition coefficient (Wildman–Crippen LogP) is 3.11. The summed E-state index contributed by atoms with van der Waals surface area (Å²) in [5.41, 5.74) is 1.16. The first-order chi connectivity index (χ1) is 9.72. The molecule has 2 N–H and O–H groups in total. The number of benzene rings is 1. The number of unbranched alkanes of at least 4 members (excludes halogenated alkanes) is 3. The number of nitrogens with one attached hydrogen (secondary N) is 1. The van der Waals surface area contributed by atoms with Crippen molar-refractivity contribution in [2.75, 3.05) is 27.4 Å². The van der Waals surface area contributed by atoms with E-state index < -0.39 is 0 Å². The van der Waals surface area contributed by atoms with Gasteiger partial charge in [-0.1, -0.05) is 12.8 Å². The van der Waals surface area contributed by atoms with Crippen LogP contribution in [0.2, 0.25) is 0 Å². The maximum Gasteiger partial charge on any atom is 0.174 e. The molecule has 0 spiro atoms. The highest BCUT2D eigenvalue weighted by molar-refractivity contribution is 9.10. The number of methoxy groups -OCH3 is 2. The molecule has 0 saturated carbocycles. The van der Waals surface area contributed by atoms with Crippen LogP contribution in [0.4, 0.5) is 0 Å². The van der Waals surface area contributed by atoms with Crippen molar-refractivity contribution in [2.24, 2.45) is 0 Å². The highest BCUT2D eigenvalue weighted by atomic mass is 79.9. The molecule has 20 heavy (non-hydrogen) atoms. The molecule has 0 aromatic heterocycles. The zero-order chi connectivity index (χ0) is 14.8. The highest BCUT2D eigenvalue weighted by Gasteiger charge is 2.10. The summed E-state index contributed by atoms with van der Waals surface area (Å²) in [6.45, 7) is 2.09. The van der Waals surface area contributed by atoms with Crippen molar-refractivity contribution in [1.82, 2.24) is 5.32 Å². The van der Waals surface area contributed by atoms with E-state index in [1.165, 1.54) is 0 Å². The minimum atomic E-state index is 0.299. The Kier molecular flexibility index (Phi) is 8.65. The molecule has 0 saturated heterocycles. The summed E-state index contributed by atoms with van der Waals surface area (Å²) in [5, 5.41) is 12.1. The fourth-order valence-corrected chi connectivity index (χ4v) is 2.67. The van der Waals surface area contributed by atoms with Gasteiger partial charge in [0.15, 0.2) is 11.5 Å². The Morgan fingerprint density at radius 1 is 1.10 bits per heavy atom. The Hall–Kier alpha value is -0.780. The molecule has 4 nitrogen and oxygen atoms in total. The first-order valence-electron chi connectivity index (χ1n) is 6.95. The van der Waals surface area contributed by atoms with E-state index in [4.69, 9.17) is 14.6 Å². The van der Waals surface area contributed by atoms with Crippen LogP contribution in [0.25, 0.3) is 0 Å². The number of hydrogen-bond acceptors (Lipinski definition) is 4. The third-order valence-electron chi connectivity index (χ3n) is 3.08. The molecular weight excluding hydrogens is 322 g/mol. The minimum absolute atomic E-state index is 0.299. The van der Waals surface area contributed by atoms with Crippen LogP contribution in [0.5, 0.6) is 11.5 Å². The molecular formula is C15H24BrNO3. The lowest BCUT2D eigenvalue weighted by atomic mass is 10.2. The molecule has 0 fully saturated rings. The molecule has 1 aromatic rings. The summed E-state index contributed by atoms with van der Waals surface area (Å²) < 4.78 is 11.5. The van der Waals surface area contributed by atoms with Crippen molar-refractivity contribution in [3.63, 3.8) is 0 Å². The SMILES string of the molecule is COc1cc(CNCCCCCCO)cc(Br)c1OC. The van der Waals surface area contributed by atoms with Gasteiger partial charge in [-0.15, -0.1) is 0 Å². The van der Waals surface area contributed by atoms with Gasteiger partial charge in [-0.25, -0.2) is 0 Å². The lowest BCUT2D eigenvalue weighted by Crippen LogP contribution is -2.14. The molecule has 0 bridgehead atoms. The zero-order valence-electron chi connectivity index (χ0n) is 12.2. The highest BCUT2D eigenvalue weighted by Crippen LogP contribution is 2.36. The first-order valence-corrected chi connectivity index (χ1v) is 7.74. The van der Waals surface area contributed by atoms with Crippen LogP contribution >= 0.6 is 15.9 Å². The van der Waals surface area contributed by atoms with Gasteiger partial charge in [0.25, 0.3) is 0 Å². The largest absolute Gasteiger partial charge is 0.493 e. The van der Waals surface area contributed by atoms with E-state index in [2.05, 4.69) is 21.2 Å². The smallest absolute Gasteiger partial charge is 0.174 e. The number of aliphatic hydroxyl groups is 1. The van der Waals surface area contributed by atoms with Crippen molar-refractivity contribution >= 4 is 15.9 Å². The van der Waals surface area contributed by atoms with E-state index in [-0.39, 0.29) is 0 Å². The van der Waals surface area contributed by atoms with Crippen molar-refractivity contribution in [3.05, 3.63) is 22.2 Å². The predicted molar refractivity (Wildman–Crippen MR) is 84.5 cm³/mol. The van der Waals surface area contributed by atoms with Crippen molar-refractivity contribution in [2.45, 2.75) is 32.2 Å². The van der Waals surface area contributed by atoms with Crippen molar-refractivity contribution in [1.29, 1.82) is 0 Å². The topological polar surface area (TPSA) is 50.7 Å². The molecule has 0 atom stereocenters. The number of ether oxygens (including phenoxy) is 2. The second-order valence-electron chi connectivity index (χ2n) is 4.63. The lowest BCUT2D eigenvalue weighted by Gasteiger charge is -2.12. The number of hydrogen-bond donors (Lipinski definition) is 2. The van der Waals surface area contributed by atoms with Gasteiger partial charge in [-0.2, -0.15) is 0 Å². The van der Waals surface area contributed by atoms with Crippen LogP contribution in [-0.4, -0.2) is 32.5 Å². The van der Waals surface area contributed by atoms with Gasteiger partial charge >= 0.3 is 0 Å². The van der Waals surface area contributed by atoms with E-state index in [1.807, 2.05) is 12.1 Å². The Bertz CT molecular complexity index is 399. The molecule has 0 unspecified atom stereocenters. The quantitative estimate of drug-likeness (QED) is 0.639. The molecule has 0 aliphatic carbocycles. The third kappa shape index (κ3) is 5.69. The van der Waals surface area contributed by atoms with Gasteiger partial charge in [0.05, 0.1) is 18.7 Å². The minimum Gasteiger partial charge on any atom is -0.493 e. The van der Waals surface area contributed by atoms with E-state index in [0.29, 0.717) is 6.61 Å². The van der Waals surface area contributed by atoms with Crippen LogP contribution in [0.15, 0.2) is 16.6 Å². The summed E-state index contributed by atoms with van der Waals surface area (Å²) in [7, 11) is 3.27. The fourth-order valence-electron chi connectivity index (χ4n) is 2.02. The van der Waals surface area contributed by atoms with E-state index >= 15 is 0 Å². The van der Waals surface area contributed by atoms with Gasteiger partial charge in [0.1, 0.15) is 0 Å². The Balaban J connectivity index is 2.39. The number of halogens is 1. The van der Waals surface area contributed by atoms with Gasteiger partial charge < -0.3 is 19.9 Å². The van der Waals surface area contributed by atoms with Crippen LogP contribution < -0.4 is 14.8 Å². The molecule has 0 amide bonds. The number of rotatable bonds is 10. The molecule has 0 heterocycles. The monoisotopic (exact) mass is 345 g/mol. The molecule has 114 valence electrons. The molecule has 5 heteroatoms. The van der Waals surface area contributed by atoms with E-state index in [1.54, 1.807) is 14.2 Å². The normalized spacial score (nSPS) is 10.6. The maximum atomic E-state index is 8.69. The summed E-state index contributed by atoms with van der Waals surface area (Å²) >= 11 is 3.49. The van der Waals surface area contributed by atoms with Crippen molar-refractivity contribution < 1.29 is 14.6 Å². The fraction of sp³-hybridized carbons (Fsp3) is 0.600. The first kappa shape index (κ1) is 17.3. The van der Waals surface area contributed by atoms with Crippen LogP contribution in [-0.2, 0) is 6.54 Å². The second kappa shape index (κ2) is 10.0. The Morgan fingerprint density at radius 3 is 2.50 bits per heavy atom. The van der Waals surface area contributed by atoms with Gasteiger partial charge in [0, 0.05) is 13.2 Å². The summed E-state index contributed by atoms with van der Waals surface area (Å²) in [6, 6.07) is 4.03. The average molecular weight is 346 g/mol. The molecule has 0 aliphatic rings. The van der Waals surface area contributed by atoms with E-state index in [9.17, 15) is 0 Å². The second-order valence-corrected chi connectivity index (χ2v) is 5.48. The Labute approximate surface area is 129 Å². The summed E-state index contributed by atoms with van der Waals surface area (Å²) in [5.74, 6) is 1.46. The van der Waals surface area contributed by atoms with Gasteiger partial charge in [-0.05, 0) is 53.0 Å². The average Bonchev–Trinajstić information content (AvgIpc) is 2.45. The van der Waals surface area contributed by atoms with Crippen LogP contribution in [0, 0.1) is 0 Å². The number of aliphatic hydroxyl groups excluding tert-OH is 1. The maximum absolute atomic E-state index is 8.69. The lowest BCUT2D eigenvalue weighted by molar-refractivity contribution is 0.282. The standard InChI is InChI=1S/C15H24BrNO3/c1-19-14-10-12(9-13(16)15(14)20-2)11-17-7-5-3-4-6-8-18/h9-10,17-18H,3-8,11H2,1-2H3. The van der Waals surface area contributed by atoms with Crippen LogP contribution in [0.3, 0.4) is 0 Å². The zero-order valence-corrected chi connectivity index (χ0v) is 13.8. The van der Waals surface area contributed by atoms with Gasteiger partial charge in [0.2, 0.25) is 0 Å². The van der Waals surface area contributed by atoms with Crippen molar-refractivity contribution in [3.8, 4) is 11.5 Å².